The maximum absolute atomic E-state index is 13.0. The number of halogens is 1. The fraction of sp³-hybridized carbons (Fsp3) is 0.333. The quantitative estimate of drug-likeness (QED) is 0.703. The molecule has 0 atom stereocenters. The van der Waals surface area contributed by atoms with Gasteiger partial charge in [-0.15, -0.1) is 0 Å². The van der Waals surface area contributed by atoms with E-state index in [-0.39, 0.29) is 11.6 Å². The van der Waals surface area contributed by atoms with Crippen molar-refractivity contribution in [3.8, 4) is 0 Å². The number of hydrogen-bond acceptors (Lipinski definition) is 3. The fourth-order valence-electron chi connectivity index (χ4n) is 3.93. The molecule has 2 aliphatic heterocycles. The number of aliphatic imine (C=N–C) groups is 1. The number of benzene rings is 2. The fourth-order valence-corrected chi connectivity index (χ4v) is 3.93. The van der Waals surface area contributed by atoms with Crippen molar-refractivity contribution in [2.75, 3.05) is 18.0 Å². The minimum Gasteiger partial charge on any atom is -0.365 e. The summed E-state index contributed by atoms with van der Waals surface area (Å²) in [7, 11) is 0. The molecule has 2 heterocycles. The molecule has 0 N–H and O–H groups in total. The van der Waals surface area contributed by atoms with Crippen molar-refractivity contribution < 1.29 is 9.18 Å². The van der Waals surface area contributed by atoms with Crippen LogP contribution in [0.15, 0.2) is 59.2 Å². The van der Waals surface area contributed by atoms with E-state index in [4.69, 9.17) is 0 Å². The van der Waals surface area contributed by atoms with Crippen molar-refractivity contribution in [2.45, 2.75) is 38.5 Å². The molecule has 4 heteroatoms. The average molecular weight is 376 g/mol. The molecule has 0 radical (unpaired) electrons. The SMILES string of the molecule is O=C(CCc1ccc(F)cc1)Cc1ccc2c(c1)N(CC1=CCC=N1)CCC2. The summed E-state index contributed by atoms with van der Waals surface area (Å²) < 4.78 is 13.0. The number of anilines is 1. The molecule has 2 aromatic rings. The van der Waals surface area contributed by atoms with Crippen LogP contribution in [-0.2, 0) is 24.1 Å². The van der Waals surface area contributed by atoms with Crippen LogP contribution in [0.2, 0.25) is 0 Å². The molecular formula is C24H25FN2O. The van der Waals surface area contributed by atoms with Gasteiger partial charge in [0.15, 0.2) is 0 Å². The Bertz CT molecular complexity index is 915. The number of allylic oxidation sites excluding steroid dienone is 1. The maximum atomic E-state index is 13.0. The first-order valence-electron chi connectivity index (χ1n) is 10.0. The first kappa shape index (κ1) is 18.6. The van der Waals surface area contributed by atoms with E-state index < -0.39 is 0 Å². The summed E-state index contributed by atoms with van der Waals surface area (Å²) in [4.78, 5) is 19.3. The van der Waals surface area contributed by atoms with Gasteiger partial charge in [0.1, 0.15) is 11.6 Å². The van der Waals surface area contributed by atoms with E-state index >= 15 is 0 Å². The lowest BCUT2D eigenvalue weighted by atomic mass is 9.96. The second-order valence-corrected chi connectivity index (χ2v) is 7.57. The van der Waals surface area contributed by atoms with Crippen molar-refractivity contribution in [3.05, 3.63) is 76.7 Å². The van der Waals surface area contributed by atoms with Crippen LogP contribution in [-0.4, -0.2) is 25.1 Å². The van der Waals surface area contributed by atoms with Gasteiger partial charge in [-0.25, -0.2) is 4.39 Å². The Kier molecular flexibility index (Phi) is 5.65. The third kappa shape index (κ3) is 4.56. The lowest BCUT2D eigenvalue weighted by Gasteiger charge is -2.31. The second-order valence-electron chi connectivity index (χ2n) is 7.57. The molecule has 0 bridgehead atoms. The van der Waals surface area contributed by atoms with Crippen LogP contribution in [0.3, 0.4) is 0 Å². The van der Waals surface area contributed by atoms with Gasteiger partial charge >= 0.3 is 0 Å². The van der Waals surface area contributed by atoms with Crippen LogP contribution in [0, 0.1) is 5.82 Å². The number of rotatable bonds is 7. The van der Waals surface area contributed by atoms with Gasteiger partial charge in [0.2, 0.25) is 0 Å². The number of aryl methyl sites for hydroxylation is 2. The smallest absolute Gasteiger partial charge is 0.137 e. The Hall–Kier alpha value is -2.75. The number of nitrogens with zero attached hydrogens (tertiary/aromatic N) is 2. The normalized spacial score (nSPS) is 15.5. The Morgan fingerprint density at radius 3 is 2.71 bits per heavy atom. The highest BCUT2D eigenvalue weighted by atomic mass is 19.1. The molecule has 0 fully saturated rings. The minimum absolute atomic E-state index is 0.217. The molecule has 0 saturated heterocycles. The summed E-state index contributed by atoms with van der Waals surface area (Å²) in [6.45, 7) is 1.87. The Morgan fingerprint density at radius 1 is 1.11 bits per heavy atom. The molecule has 144 valence electrons. The molecular weight excluding hydrogens is 351 g/mol. The first-order chi connectivity index (χ1) is 13.7. The molecule has 0 aliphatic carbocycles. The van der Waals surface area contributed by atoms with Crippen LogP contribution in [0.1, 0.15) is 36.0 Å². The number of carbonyl (C=O) groups excluding carboxylic acids is 1. The summed E-state index contributed by atoms with van der Waals surface area (Å²) >= 11 is 0. The van der Waals surface area contributed by atoms with E-state index in [1.54, 1.807) is 12.1 Å². The highest BCUT2D eigenvalue weighted by Gasteiger charge is 2.19. The van der Waals surface area contributed by atoms with Gasteiger partial charge in [-0.1, -0.05) is 30.3 Å². The lowest BCUT2D eigenvalue weighted by Crippen LogP contribution is -2.31. The minimum atomic E-state index is -0.243. The predicted molar refractivity (Wildman–Crippen MR) is 112 cm³/mol. The molecule has 0 saturated carbocycles. The third-order valence-electron chi connectivity index (χ3n) is 5.44. The molecule has 2 aliphatic rings. The van der Waals surface area contributed by atoms with E-state index in [9.17, 15) is 9.18 Å². The van der Waals surface area contributed by atoms with Gasteiger partial charge in [-0.3, -0.25) is 9.79 Å². The maximum Gasteiger partial charge on any atom is 0.137 e. The number of hydrogen-bond donors (Lipinski definition) is 0. The topological polar surface area (TPSA) is 32.7 Å². The van der Waals surface area contributed by atoms with E-state index in [0.29, 0.717) is 19.3 Å². The summed E-state index contributed by atoms with van der Waals surface area (Å²) in [5.41, 5.74) is 5.80. The van der Waals surface area contributed by atoms with Gasteiger partial charge < -0.3 is 4.90 Å². The second kappa shape index (κ2) is 8.51. The Morgan fingerprint density at radius 2 is 1.93 bits per heavy atom. The summed E-state index contributed by atoms with van der Waals surface area (Å²) in [5, 5.41) is 0. The number of Topliss-reactive ketones (excluding diaryl/α,β-unsaturated/α-hetero) is 1. The number of carbonyl (C=O) groups is 1. The van der Waals surface area contributed by atoms with Crippen molar-refractivity contribution in [1.82, 2.24) is 0 Å². The molecule has 28 heavy (non-hydrogen) atoms. The van der Waals surface area contributed by atoms with E-state index in [2.05, 4.69) is 34.2 Å². The monoisotopic (exact) mass is 376 g/mol. The zero-order valence-electron chi connectivity index (χ0n) is 16.0. The largest absolute Gasteiger partial charge is 0.365 e. The predicted octanol–water partition coefficient (Wildman–Crippen LogP) is 4.68. The molecule has 0 unspecified atom stereocenters. The van der Waals surface area contributed by atoms with Gasteiger partial charge in [0, 0.05) is 37.7 Å². The van der Waals surface area contributed by atoms with Crippen molar-refractivity contribution >= 4 is 17.7 Å². The molecule has 3 nitrogen and oxygen atoms in total. The van der Waals surface area contributed by atoms with Gasteiger partial charge in [-0.2, -0.15) is 0 Å². The summed E-state index contributed by atoms with van der Waals surface area (Å²) in [6, 6.07) is 12.8. The van der Waals surface area contributed by atoms with Crippen molar-refractivity contribution in [1.29, 1.82) is 0 Å². The van der Waals surface area contributed by atoms with Crippen LogP contribution < -0.4 is 4.90 Å². The van der Waals surface area contributed by atoms with Crippen LogP contribution in [0.4, 0.5) is 10.1 Å². The van der Waals surface area contributed by atoms with Gasteiger partial charge in [-0.05, 0) is 54.2 Å². The standard InChI is InChI=1S/C24H25FN2O/c25-21-10-6-18(7-11-21)8-12-23(28)15-19-5-9-20-3-2-14-27(24(20)16-19)17-22-4-1-13-26-22/h4-7,9-11,13,16H,1-3,8,12,14-15,17H2. The van der Waals surface area contributed by atoms with Crippen LogP contribution >= 0.6 is 0 Å². The van der Waals surface area contributed by atoms with E-state index in [1.807, 2.05) is 6.21 Å². The summed E-state index contributed by atoms with van der Waals surface area (Å²) in [6.07, 6.45) is 8.89. The summed E-state index contributed by atoms with van der Waals surface area (Å²) in [5.74, 6) is -0.0255. The molecule has 4 rings (SSSR count). The molecule has 0 aromatic heterocycles. The van der Waals surface area contributed by atoms with Crippen LogP contribution in [0.5, 0.6) is 0 Å². The van der Waals surface area contributed by atoms with E-state index in [1.165, 1.54) is 23.4 Å². The lowest BCUT2D eigenvalue weighted by molar-refractivity contribution is -0.118. The van der Waals surface area contributed by atoms with Gasteiger partial charge in [0.05, 0.1) is 12.2 Å². The van der Waals surface area contributed by atoms with Crippen molar-refractivity contribution in [3.63, 3.8) is 0 Å². The Balaban J connectivity index is 1.40. The number of fused-ring (bicyclic) bond motifs is 1. The zero-order chi connectivity index (χ0) is 19.3. The average Bonchev–Trinajstić information content (AvgIpc) is 3.21. The third-order valence-corrected chi connectivity index (χ3v) is 5.44. The molecule has 2 aromatic carbocycles. The van der Waals surface area contributed by atoms with E-state index in [0.717, 1.165) is 49.2 Å². The van der Waals surface area contributed by atoms with Gasteiger partial charge in [0.25, 0.3) is 0 Å². The van der Waals surface area contributed by atoms with Crippen molar-refractivity contribution in [2.24, 2.45) is 4.99 Å². The molecule has 0 amide bonds. The van der Waals surface area contributed by atoms with Crippen LogP contribution in [0.25, 0.3) is 0 Å². The zero-order valence-corrected chi connectivity index (χ0v) is 16.0. The number of ketones is 1. The molecule has 0 spiro atoms. The highest BCUT2D eigenvalue weighted by molar-refractivity contribution is 5.81. The Labute approximate surface area is 165 Å². The highest BCUT2D eigenvalue weighted by Crippen LogP contribution is 2.29. The first-order valence-corrected chi connectivity index (χ1v) is 10.0.